The van der Waals surface area contributed by atoms with Gasteiger partial charge in [0.1, 0.15) is 11.5 Å². The van der Waals surface area contributed by atoms with E-state index in [1.54, 1.807) is 25.1 Å². The molecular formula is C13H15NO2S. The molecule has 2 rings (SSSR count). The van der Waals surface area contributed by atoms with Crippen molar-refractivity contribution in [1.29, 1.82) is 0 Å². The lowest BCUT2D eigenvalue weighted by molar-refractivity contribution is 0.411. The molecule has 0 unspecified atom stereocenters. The molecule has 3 nitrogen and oxygen atoms in total. The van der Waals surface area contributed by atoms with Crippen LogP contribution in [-0.2, 0) is 11.5 Å². The van der Waals surface area contributed by atoms with Gasteiger partial charge in [-0.15, -0.1) is 11.8 Å². The van der Waals surface area contributed by atoms with Gasteiger partial charge in [-0.25, -0.2) is 0 Å². The third-order valence-electron chi connectivity index (χ3n) is 2.39. The Labute approximate surface area is 105 Å². The highest BCUT2D eigenvalue weighted by Crippen LogP contribution is 2.27. The quantitative estimate of drug-likeness (QED) is 0.826. The zero-order chi connectivity index (χ0) is 12.1. The number of benzene rings is 1. The van der Waals surface area contributed by atoms with E-state index in [1.807, 2.05) is 30.3 Å². The van der Waals surface area contributed by atoms with E-state index in [2.05, 4.69) is 0 Å². The number of furan rings is 1. The number of methoxy groups -OCH3 is 1. The Morgan fingerprint density at radius 2 is 2.18 bits per heavy atom. The molecule has 0 aliphatic carbocycles. The molecule has 1 aromatic heterocycles. The van der Waals surface area contributed by atoms with Crippen molar-refractivity contribution in [2.75, 3.05) is 12.8 Å². The first-order valence-corrected chi connectivity index (χ1v) is 6.47. The molecule has 17 heavy (non-hydrogen) atoms. The summed E-state index contributed by atoms with van der Waals surface area (Å²) in [6.45, 7) is 0. The van der Waals surface area contributed by atoms with Gasteiger partial charge >= 0.3 is 0 Å². The predicted octanol–water partition coefficient (Wildman–Crippen LogP) is 3.30. The molecule has 2 N–H and O–H groups in total. The molecule has 1 heterocycles. The van der Waals surface area contributed by atoms with Crippen molar-refractivity contribution in [1.82, 2.24) is 0 Å². The lowest BCUT2D eigenvalue weighted by atomic mass is 10.2. The van der Waals surface area contributed by atoms with Crippen molar-refractivity contribution < 1.29 is 9.15 Å². The van der Waals surface area contributed by atoms with Crippen LogP contribution in [0, 0.1) is 0 Å². The van der Waals surface area contributed by atoms with Gasteiger partial charge in [0.2, 0.25) is 0 Å². The van der Waals surface area contributed by atoms with Gasteiger partial charge in [0.25, 0.3) is 0 Å². The lowest BCUT2D eigenvalue weighted by Gasteiger charge is -2.08. The number of rotatable bonds is 5. The maximum atomic E-state index is 5.77. The van der Waals surface area contributed by atoms with Crippen molar-refractivity contribution in [2.45, 2.75) is 11.5 Å². The Morgan fingerprint density at radius 3 is 2.88 bits per heavy atom. The van der Waals surface area contributed by atoms with Crippen LogP contribution >= 0.6 is 11.8 Å². The van der Waals surface area contributed by atoms with Crippen molar-refractivity contribution in [3.8, 4) is 5.75 Å². The summed E-state index contributed by atoms with van der Waals surface area (Å²) in [7, 11) is 1.67. The predicted molar refractivity (Wildman–Crippen MR) is 71.1 cm³/mol. The van der Waals surface area contributed by atoms with Crippen LogP contribution < -0.4 is 10.5 Å². The molecule has 90 valence electrons. The van der Waals surface area contributed by atoms with Crippen molar-refractivity contribution >= 4 is 17.4 Å². The third kappa shape index (κ3) is 3.20. The van der Waals surface area contributed by atoms with Crippen LogP contribution in [0.5, 0.6) is 5.75 Å². The number of hydrogen-bond donors (Lipinski definition) is 1. The second kappa shape index (κ2) is 5.68. The number of nitrogens with two attached hydrogens (primary N) is 1. The summed E-state index contributed by atoms with van der Waals surface area (Å²) in [5.74, 6) is 3.57. The van der Waals surface area contributed by atoms with Crippen molar-refractivity contribution in [3.05, 3.63) is 47.9 Å². The van der Waals surface area contributed by atoms with Crippen LogP contribution in [0.3, 0.4) is 0 Å². The highest BCUT2D eigenvalue weighted by Gasteiger charge is 2.04. The van der Waals surface area contributed by atoms with Crippen molar-refractivity contribution in [3.63, 3.8) is 0 Å². The SMILES string of the molecule is COc1ccc(N)cc1CSCc1ccco1. The van der Waals surface area contributed by atoms with Crippen LogP contribution in [0.1, 0.15) is 11.3 Å². The molecule has 0 aliphatic heterocycles. The van der Waals surface area contributed by atoms with Gasteiger partial charge in [0, 0.05) is 17.0 Å². The average Bonchev–Trinajstić information content (AvgIpc) is 2.82. The van der Waals surface area contributed by atoms with E-state index in [9.17, 15) is 0 Å². The maximum Gasteiger partial charge on any atom is 0.123 e. The summed E-state index contributed by atoms with van der Waals surface area (Å²) >= 11 is 1.77. The fraction of sp³-hybridized carbons (Fsp3) is 0.231. The van der Waals surface area contributed by atoms with Crippen LogP contribution in [0.25, 0.3) is 0 Å². The average molecular weight is 249 g/mol. The zero-order valence-electron chi connectivity index (χ0n) is 9.68. The molecule has 2 aromatic rings. The molecule has 0 radical (unpaired) electrons. The largest absolute Gasteiger partial charge is 0.496 e. The van der Waals surface area contributed by atoms with Crippen LogP contribution in [0.15, 0.2) is 41.0 Å². The van der Waals surface area contributed by atoms with E-state index in [0.29, 0.717) is 0 Å². The van der Waals surface area contributed by atoms with E-state index in [1.165, 1.54) is 0 Å². The second-order valence-electron chi connectivity index (χ2n) is 3.64. The number of ether oxygens (including phenoxy) is 1. The van der Waals surface area contributed by atoms with Crippen LogP contribution in [-0.4, -0.2) is 7.11 Å². The summed E-state index contributed by atoms with van der Waals surface area (Å²) in [6.07, 6.45) is 1.69. The minimum absolute atomic E-state index is 0.763. The Morgan fingerprint density at radius 1 is 1.29 bits per heavy atom. The molecule has 0 spiro atoms. The minimum atomic E-state index is 0.763. The highest BCUT2D eigenvalue weighted by molar-refractivity contribution is 7.97. The molecule has 0 amide bonds. The summed E-state index contributed by atoms with van der Waals surface area (Å²) in [5, 5.41) is 0. The fourth-order valence-corrected chi connectivity index (χ4v) is 2.48. The third-order valence-corrected chi connectivity index (χ3v) is 3.39. The number of anilines is 1. The normalized spacial score (nSPS) is 10.4. The summed E-state index contributed by atoms with van der Waals surface area (Å²) in [6, 6.07) is 9.58. The van der Waals surface area contributed by atoms with Gasteiger partial charge in [-0.2, -0.15) is 0 Å². The Balaban J connectivity index is 1.96. The molecule has 0 aliphatic rings. The first kappa shape index (κ1) is 11.9. The van der Waals surface area contributed by atoms with Gasteiger partial charge in [0.05, 0.1) is 19.1 Å². The lowest BCUT2D eigenvalue weighted by Crippen LogP contribution is -1.93. The topological polar surface area (TPSA) is 48.4 Å². The molecule has 1 aromatic carbocycles. The highest BCUT2D eigenvalue weighted by atomic mass is 32.2. The molecule has 0 atom stereocenters. The molecule has 4 heteroatoms. The smallest absolute Gasteiger partial charge is 0.123 e. The van der Waals surface area contributed by atoms with E-state index in [-0.39, 0.29) is 0 Å². The Kier molecular flexibility index (Phi) is 3.98. The summed E-state index contributed by atoms with van der Waals surface area (Å²) in [5.41, 5.74) is 7.64. The molecule has 0 saturated carbocycles. The van der Waals surface area contributed by atoms with E-state index in [4.69, 9.17) is 14.9 Å². The Hall–Kier alpha value is -1.55. The second-order valence-corrected chi connectivity index (χ2v) is 4.63. The monoisotopic (exact) mass is 249 g/mol. The van der Waals surface area contributed by atoms with Gasteiger partial charge < -0.3 is 14.9 Å². The number of hydrogen-bond acceptors (Lipinski definition) is 4. The first-order valence-electron chi connectivity index (χ1n) is 5.32. The fourth-order valence-electron chi connectivity index (χ4n) is 1.57. The molecule has 0 saturated heterocycles. The van der Waals surface area contributed by atoms with E-state index in [0.717, 1.165) is 34.3 Å². The zero-order valence-corrected chi connectivity index (χ0v) is 10.5. The molecular weight excluding hydrogens is 234 g/mol. The van der Waals surface area contributed by atoms with Crippen LogP contribution in [0.4, 0.5) is 5.69 Å². The number of thioether (sulfide) groups is 1. The molecule has 0 bridgehead atoms. The molecule has 0 fully saturated rings. The maximum absolute atomic E-state index is 5.77. The van der Waals surface area contributed by atoms with Gasteiger partial charge in [-0.3, -0.25) is 0 Å². The minimum Gasteiger partial charge on any atom is -0.496 e. The summed E-state index contributed by atoms with van der Waals surface area (Å²) in [4.78, 5) is 0. The summed E-state index contributed by atoms with van der Waals surface area (Å²) < 4.78 is 10.6. The number of nitrogen functional groups attached to an aromatic ring is 1. The van der Waals surface area contributed by atoms with E-state index < -0.39 is 0 Å². The van der Waals surface area contributed by atoms with Crippen molar-refractivity contribution in [2.24, 2.45) is 0 Å². The van der Waals surface area contributed by atoms with Gasteiger partial charge in [-0.05, 0) is 30.3 Å². The first-order chi connectivity index (χ1) is 8.29. The Bertz CT molecular complexity index is 468. The standard InChI is InChI=1S/C13H15NO2S/c1-15-13-5-4-11(14)7-10(13)8-17-9-12-3-2-6-16-12/h2-7H,8-9,14H2,1H3. The van der Waals surface area contributed by atoms with E-state index >= 15 is 0 Å². The van der Waals surface area contributed by atoms with Gasteiger partial charge in [0.15, 0.2) is 0 Å². The van der Waals surface area contributed by atoms with Gasteiger partial charge in [-0.1, -0.05) is 0 Å². The van der Waals surface area contributed by atoms with Crippen LogP contribution in [0.2, 0.25) is 0 Å².